The van der Waals surface area contributed by atoms with Crippen LogP contribution in [0.25, 0.3) is 0 Å². The van der Waals surface area contributed by atoms with Crippen molar-refractivity contribution in [2.45, 2.75) is 86.3 Å². The van der Waals surface area contributed by atoms with E-state index in [9.17, 15) is 0 Å². The lowest BCUT2D eigenvalue weighted by Crippen LogP contribution is -2.38. The van der Waals surface area contributed by atoms with Crippen LogP contribution in [0.15, 0.2) is 0 Å². The van der Waals surface area contributed by atoms with Gasteiger partial charge in [-0.3, -0.25) is 0 Å². The first-order chi connectivity index (χ1) is 7.32. The quantitative estimate of drug-likeness (QED) is 0.511. The van der Waals surface area contributed by atoms with Crippen LogP contribution in [0.5, 0.6) is 0 Å². The molecule has 0 heterocycles. The highest BCUT2D eigenvalue weighted by molar-refractivity contribution is 6.44. The Morgan fingerprint density at radius 2 is 1.24 bits per heavy atom. The molecule has 0 nitrogen and oxygen atoms in total. The normalized spacial score (nSPS) is 14.6. The zero-order valence-electron chi connectivity index (χ0n) is 13.9. The van der Waals surface area contributed by atoms with E-state index in [1.165, 1.54) is 6.42 Å². The first-order valence-corrected chi connectivity index (χ1v) is 7.19. The molecule has 0 aromatic rings. The van der Waals surface area contributed by atoms with Crippen LogP contribution in [-0.2, 0) is 0 Å². The summed E-state index contributed by atoms with van der Waals surface area (Å²) in [6, 6.07) is 0. The van der Waals surface area contributed by atoms with Gasteiger partial charge in [-0.1, -0.05) is 79.9 Å². The van der Waals surface area contributed by atoms with Crippen molar-refractivity contribution in [2.24, 2.45) is 17.3 Å². The van der Waals surface area contributed by atoms with Gasteiger partial charge in [-0.05, 0) is 23.7 Å². The van der Waals surface area contributed by atoms with Crippen molar-refractivity contribution < 1.29 is 0 Å². The van der Waals surface area contributed by atoms with Gasteiger partial charge < -0.3 is 0 Å². The molecule has 0 aliphatic heterocycles. The minimum Gasteiger partial charge on any atom is -0.0669 e. The molecule has 0 amide bonds. The smallest absolute Gasteiger partial charge is 0.0669 e. The van der Waals surface area contributed by atoms with Gasteiger partial charge in [0.2, 0.25) is 0 Å². The second-order valence-electron chi connectivity index (χ2n) is 8.32. The average Bonchev–Trinajstić information content (AvgIpc) is 1.97. The van der Waals surface area contributed by atoms with Gasteiger partial charge in [0.25, 0.3) is 0 Å². The Morgan fingerprint density at radius 1 is 0.824 bits per heavy atom. The van der Waals surface area contributed by atoms with Gasteiger partial charge in [0, 0.05) is 0 Å². The Kier molecular flexibility index (Phi) is 5.39. The summed E-state index contributed by atoms with van der Waals surface area (Å²) in [4.78, 5) is 0. The first kappa shape index (κ1) is 17.1. The van der Waals surface area contributed by atoms with E-state index in [4.69, 9.17) is 0 Å². The molecule has 0 aliphatic carbocycles. The summed E-state index contributed by atoms with van der Waals surface area (Å²) < 4.78 is 0. The molecule has 0 fully saturated rings. The minimum absolute atomic E-state index is 0.269. The summed E-state index contributed by atoms with van der Waals surface area (Å²) in [6.07, 6.45) is 1.28. The van der Waals surface area contributed by atoms with E-state index in [1.807, 2.05) is 0 Å². The van der Waals surface area contributed by atoms with E-state index >= 15 is 0 Å². The molecule has 1 radical (unpaired) electrons. The van der Waals surface area contributed by atoms with Crippen LogP contribution in [-0.4, -0.2) is 7.28 Å². The van der Waals surface area contributed by atoms with E-state index in [2.05, 4.69) is 76.5 Å². The Labute approximate surface area is 111 Å². The monoisotopic (exact) mass is 237 g/mol. The number of hydrogen-bond donors (Lipinski definition) is 0. The second-order valence-corrected chi connectivity index (χ2v) is 8.32. The summed E-state index contributed by atoms with van der Waals surface area (Å²) in [5.41, 5.74) is 0.354. The first-order valence-electron chi connectivity index (χ1n) is 7.19. The lowest BCUT2D eigenvalue weighted by molar-refractivity contribution is 0.206. The van der Waals surface area contributed by atoms with Gasteiger partial charge >= 0.3 is 0 Å². The van der Waals surface area contributed by atoms with E-state index in [-0.39, 0.29) is 5.31 Å². The summed E-state index contributed by atoms with van der Waals surface area (Å²) in [5, 5.41) is 0.572. The van der Waals surface area contributed by atoms with Crippen LogP contribution in [0.3, 0.4) is 0 Å². The molecule has 0 atom stereocenters. The summed E-state index contributed by atoms with van der Waals surface area (Å²) >= 11 is 0. The van der Waals surface area contributed by atoms with Crippen LogP contribution in [0, 0.1) is 17.3 Å². The predicted molar refractivity (Wildman–Crippen MR) is 81.9 cm³/mol. The van der Waals surface area contributed by atoms with Crippen molar-refractivity contribution in [3.05, 3.63) is 0 Å². The molecule has 0 N–H and O–H groups in total. The molecule has 0 rings (SSSR count). The van der Waals surface area contributed by atoms with Gasteiger partial charge in [0.15, 0.2) is 0 Å². The minimum atomic E-state index is 0.269. The summed E-state index contributed by atoms with van der Waals surface area (Å²) in [5.74, 6) is 1.46. The Morgan fingerprint density at radius 3 is 1.53 bits per heavy atom. The maximum atomic E-state index is 2.59. The van der Waals surface area contributed by atoms with Crippen molar-refractivity contribution in [1.82, 2.24) is 0 Å². The van der Waals surface area contributed by atoms with E-state index in [0.717, 1.165) is 5.92 Å². The summed E-state index contributed by atoms with van der Waals surface area (Å²) in [6.45, 7) is 23.7. The third-order valence-electron chi connectivity index (χ3n) is 4.88. The van der Waals surface area contributed by atoms with Crippen LogP contribution in [0.4, 0.5) is 0 Å². The standard InChI is InChI=1S/C16H34B/c1-12(2)11-14(5,6)16(9,10)17-15(7,8)13(3)4/h12-13H,11H2,1-10H3. The molecule has 101 valence electrons. The fourth-order valence-corrected chi connectivity index (χ4v) is 2.58. The maximum Gasteiger partial charge on any atom is 0.125 e. The van der Waals surface area contributed by atoms with Crippen LogP contribution in [0.1, 0.15) is 75.7 Å². The van der Waals surface area contributed by atoms with Crippen LogP contribution < -0.4 is 0 Å². The van der Waals surface area contributed by atoms with Crippen molar-refractivity contribution in [1.29, 1.82) is 0 Å². The third-order valence-corrected chi connectivity index (χ3v) is 4.88. The highest BCUT2D eigenvalue weighted by Gasteiger charge is 2.42. The summed E-state index contributed by atoms with van der Waals surface area (Å²) in [7, 11) is 2.59. The highest BCUT2D eigenvalue weighted by Crippen LogP contribution is 2.53. The van der Waals surface area contributed by atoms with E-state index in [1.54, 1.807) is 0 Å². The molecule has 0 saturated heterocycles. The fourth-order valence-electron chi connectivity index (χ4n) is 2.58. The zero-order chi connectivity index (χ0) is 14.1. The van der Waals surface area contributed by atoms with E-state index < -0.39 is 0 Å². The molecule has 0 aromatic carbocycles. The van der Waals surface area contributed by atoms with Gasteiger partial charge in [0.05, 0.1) is 0 Å². The molecule has 17 heavy (non-hydrogen) atoms. The molecule has 1 heteroatoms. The van der Waals surface area contributed by atoms with Gasteiger partial charge in [-0.25, -0.2) is 0 Å². The number of rotatable bonds is 6. The van der Waals surface area contributed by atoms with Gasteiger partial charge in [-0.15, -0.1) is 0 Å². The van der Waals surface area contributed by atoms with Crippen molar-refractivity contribution in [3.63, 3.8) is 0 Å². The van der Waals surface area contributed by atoms with Crippen LogP contribution >= 0.6 is 0 Å². The molecular formula is C16H34B. The molecule has 0 unspecified atom stereocenters. The van der Waals surface area contributed by atoms with E-state index in [0.29, 0.717) is 16.6 Å². The lowest BCUT2D eigenvalue weighted by Gasteiger charge is -2.47. The molecule has 0 saturated carbocycles. The Balaban J connectivity index is 4.89. The molecule has 0 aromatic heterocycles. The van der Waals surface area contributed by atoms with Crippen LogP contribution in [0.2, 0.25) is 10.6 Å². The molecule has 0 spiro atoms. The Hall–Kier alpha value is 0.0649. The Bertz CT molecular complexity index is 234. The average molecular weight is 237 g/mol. The van der Waals surface area contributed by atoms with Gasteiger partial charge in [0.1, 0.15) is 7.28 Å². The predicted octanol–water partition coefficient (Wildman–Crippen LogP) is 5.82. The topological polar surface area (TPSA) is 0 Å². The molecule has 0 bridgehead atoms. The lowest BCUT2D eigenvalue weighted by atomic mass is 9.33. The second kappa shape index (κ2) is 5.37. The van der Waals surface area contributed by atoms with Crippen molar-refractivity contribution in [3.8, 4) is 0 Å². The third kappa shape index (κ3) is 4.68. The maximum absolute atomic E-state index is 2.59. The highest BCUT2D eigenvalue weighted by atomic mass is 14.4. The fraction of sp³-hybridized carbons (Fsp3) is 1.00. The van der Waals surface area contributed by atoms with Crippen molar-refractivity contribution in [2.75, 3.05) is 0 Å². The SMILES string of the molecule is CC(C)CC(C)(C)C(C)(C)[B]C(C)(C)C(C)C. The largest absolute Gasteiger partial charge is 0.125 e. The number of hydrogen-bond acceptors (Lipinski definition) is 0. The molecular weight excluding hydrogens is 203 g/mol. The molecule has 0 aliphatic rings. The van der Waals surface area contributed by atoms with Gasteiger partial charge in [-0.2, -0.15) is 0 Å². The zero-order valence-corrected chi connectivity index (χ0v) is 13.9. The van der Waals surface area contributed by atoms with Crippen molar-refractivity contribution >= 4 is 7.28 Å².